The van der Waals surface area contributed by atoms with Gasteiger partial charge in [0.15, 0.2) is 0 Å². The zero-order chi connectivity index (χ0) is 14.6. The number of hydrogen-bond donors (Lipinski definition) is 0. The lowest BCUT2D eigenvalue weighted by Crippen LogP contribution is -2.22. The predicted octanol–water partition coefficient (Wildman–Crippen LogP) is 5.74. The topological polar surface area (TPSA) is 9.23 Å². The van der Waals surface area contributed by atoms with E-state index in [4.69, 9.17) is 4.74 Å². The lowest BCUT2D eigenvalue weighted by atomic mass is 10.2. The maximum atomic E-state index is 5.83. The Kier molecular flexibility index (Phi) is 5.06. The molecule has 0 aliphatic carbocycles. The molecule has 0 atom stereocenters. The van der Waals surface area contributed by atoms with Crippen LogP contribution >= 0.6 is 23.5 Å². The van der Waals surface area contributed by atoms with Crippen molar-refractivity contribution in [3.8, 4) is 5.75 Å². The van der Waals surface area contributed by atoms with Crippen LogP contribution in [0.4, 0.5) is 0 Å². The normalized spacial score (nSPS) is 11.4. The van der Waals surface area contributed by atoms with Crippen LogP contribution in [-0.4, -0.2) is 11.9 Å². The molecule has 0 radical (unpaired) electrons. The van der Waals surface area contributed by atoms with Gasteiger partial charge in [0.1, 0.15) is 11.4 Å². The van der Waals surface area contributed by atoms with E-state index in [-0.39, 0.29) is 5.60 Å². The van der Waals surface area contributed by atoms with Gasteiger partial charge in [-0.25, -0.2) is 0 Å². The van der Waals surface area contributed by atoms with Gasteiger partial charge in [-0.1, -0.05) is 11.8 Å². The van der Waals surface area contributed by atoms with E-state index in [0.29, 0.717) is 0 Å². The lowest BCUT2D eigenvalue weighted by molar-refractivity contribution is 0.131. The molecule has 0 saturated heterocycles. The summed E-state index contributed by atoms with van der Waals surface area (Å²) in [6, 6.07) is 16.9. The highest BCUT2D eigenvalue weighted by molar-refractivity contribution is 7.99. The first-order chi connectivity index (χ1) is 9.46. The summed E-state index contributed by atoms with van der Waals surface area (Å²) in [5.74, 6) is 0.916. The maximum absolute atomic E-state index is 5.83. The summed E-state index contributed by atoms with van der Waals surface area (Å²) in [6.45, 7) is 6.18. The Morgan fingerprint density at radius 3 is 1.65 bits per heavy atom. The van der Waals surface area contributed by atoms with Gasteiger partial charge in [0.2, 0.25) is 0 Å². The summed E-state index contributed by atoms with van der Waals surface area (Å²) in [4.78, 5) is 3.78. The van der Waals surface area contributed by atoms with Gasteiger partial charge in [0, 0.05) is 14.7 Å². The van der Waals surface area contributed by atoms with Gasteiger partial charge in [-0.2, -0.15) is 0 Å². The summed E-state index contributed by atoms with van der Waals surface area (Å²) in [5, 5.41) is 0. The van der Waals surface area contributed by atoms with E-state index < -0.39 is 0 Å². The zero-order valence-corrected chi connectivity index (χ0v) is 14.0. The standard InChI is InChI=1S/C17H20OS2/c1-17(2,3)18-13-5-7-15(8-6-13)20-16-11-9-14(19-4)10-12-16/h5-12H,1-4H3. The summed E-state index contributed by atoms with van der Waals surface area (Å²) in [5.41, 5.74) is -0.150. The smallest absolute Gasteiger partial charge is 0.120 e. The average molecular weight is 304 g/mol. The van der Waals surface area contributed by atoms with Crippen molar-refractivity contribution in [1.82, 2.24) is 0 Å². The number of benzene rings is 2. The van der Waals surface area contributed by atoms with Crippen molar-refractivity contribution < 1.29 is 4.74 Å². The van der Waals surface area contributed by atoms with E-state index in [1.807, 2.05) is 12.1 Å². The molecule has 2 rings (SSSR count). The molecular weight excluding hydrogens is 284 g/mol. The molecule has 0 spiro atoms. The molecule has 2 aromatic rings. The first-order valence-corrected chi connectivity index (χ1v) is 8.61. The molecule has 0 aliphatic rings. The highest BCUT2D eigenvalue weighted by Gasteiger charge is 2.11. The lowest BCUT2D eigenvalue weighted by Gasteiger charge is -2.21. The van der Waals surface area contributed by atoms with Gasteiger partial charge < -0.3 is 4.74 Å². The van der Waals surface area contributed by atoms with Crippen LogP contribution in [0.2, 0.25) is 0 Å². The van der Waals surface area contributed by atoms with E-state index in [9.17, 15) is 0 Å². The summed E-state index contributed by atoms with van der Waals surface area (Å²) < 4.78 is 5.83. The van der Waals surface area contributed by atoms with Crippen LogP contribution in [0.25, 0.3) is 0 Å². The highest BCUT2D eigenvalue weighted by Crippen LogP contribution is 2.30. The molecule has 1 nitrogen and oxygen atoms in total. The molecule has 0 fully saturated rings. The van der Waals surface area contributed by atoms with Crippen LogP contribution < -0.4 is 4.74 Å². The molecule has 0 saturated carbocycles. The van der Waals surface area contributed by atoms with Crippen molar-refractivity contribution >= 4 is 23.5 Å². The molecule has 0 aromatic heterocycles. The second-order valence-corrected chi connectivity index (χ2v) is 7.49. The van der Waals surface area contributed by atoms with Crippen LogP contribution in [-0.2, 0) is 0 Å². The third-order valence-electron chi connectivity index (χ3n) is 2.54. The Hall–Kier alpha value is -1.06. The fraction of sp³-hybridized carbons (Fsp3) is 0.294. The van der Waals surface area contributed by atoms with E-state index in [2.05, 4.69) is 63.4 Å². The molecule has 0 bridgehead atoms. The summed E-state index contributed by atoms with van der Waals surface area (Å²) in [6.07, 6.45) is 2.09. The highest BCUT2D eigenvalue weighted by atomic mass is 32.2. The molecule has 3 heteroatoms. The number of ether oxygens (including phenoxy) is 1. The van der Waals surface area contributed by atoms with Crippen molar-refractivity contribution in [1.29, 1.82) is 0 Å². The second kappa shape index (κ2) is 6.59. The fourth-order valence-corrected chi connectivity index (χ4v) is 2.93. The first kappa shape index (κ1) is 15.3. The van der Waals surface area contributed by atoms with Crippen LogP contribution in [0.1, 0.15) is 20.8 Å². The molecule has 0 amide bonds. The van der Waals surface area contributed by atoms with Gasteiger partial charge in [-0.15, -0.1) is 11.8 Å². The Labute approximate surface area is 130 Å². The SMILES string of the molecule is CSc1ccc(Sc2ccc(OC(C)(C)C)cc2)cc1. The van der Waals surface area contributed by atoms with Crippen molar-refractivity contribution in [2.75, 3.05) is 6.26 Å². The van der Waals surface area contributed by atoms with Crippen molar-refractivity contribution in [3.63, 3.8) is 0 Å². The van der Waals surface area contributed by atoms with Gasteiger partial charge >= 0.3 is 0 Å². The number of thioether (sulfide) groups is 1. The molecule has 2 aromatic carbocycles. The van der Waals surface area contributed by atoms with E-state index in [0.717, 1.165) is 5.75 Å². The minimum atomic E-state index is -0.150. The molecule has 106 valence electrons. The Morgan fingerprint density at radius 1 is 0.750 bits per heavy atom. The third-order valence-corrected chi connectivity index (χ3v) is 4.30. The molecule has 0 unspecified atom stereocenters. The monoisotopic (exact) mass is 304 g/mol. The largest absolute Gasteiger partial charge is 0.488 e. The van der Waals surface area contributed by atoms with Gasteiger partial charge in [-0.05, 0) is 75.6 Å². The summed E-state index contributed by atoms with van der Waals surface area (Å²) >= 11 is 3.53. The quantitative estimate of drug-likeness (QED) is 0.667. The Bertz CT molecular complexity index is 539. The molecular formula is C17H20OS2. The molecule has 0 N–H and O–H groups in total. The number of hydrogen-bond acceptors (Lipinski definition) is 3. The molecule has 0 aliphatic heterocycles. The predicted molar refractivity (Wildman–Crippen MR) is 89.2 cm³/mol. The van der Waals surface area contributed by atoms with Gasteiger partial charge in [0.05, 0.1) is 0 Å². The number of rotatable bonds is 4. The van der Waals surface area contributed by atoms with Crippen LogP contribution in [0.5, 0.6) is 5.75 Å². The van der Waals surface area contributed by atoms with Crippen LogP contribution in [0.3, 0.4) is 0 Å². The van der Waals surface area contributed by atoms with Crippen molar-refractivity contribution in [2.24, 2.45) is 0 Å². The van der Waals surface area contributed by atoms with E-state index >= 15 is 0 Å². The van der Waals surface area contributed by atoms with Crippen LogP contribution in [0, 0.1) is 0 Å². The zero-order valence-electron chi connectivity index (χ0n) is 12.3. The van der Waals surface area contributed by atoms with Gasteiger partial charge in [-0.3, -0.25) is 0 Å². The van der Waals surface area contributed by atoms with Gasteiger partial charge in [0.25, 0.3) is 0 Å². The fourth-order valence-electron chi connectivity index (χ4n) is 1.71. The van der Waals surface area contributed by atoms with Crippen molar-refractivity contribution in [2.45, 2.75) is 41.1 Å². The molecule has 0 heterocycles. The molecule has 20 heavy (non-hydrogen) atoms. The minimum absolute atomic E-state index is 0.150. The van der Waals surface area contributed by atoms with Crippen molar-refractivity contribution in [3.05, 3.63) is 48.5 Å². The second-order valence-electron chi connectivity index (χ2n) is 5.46. The summed E-state index contributed by atoms with van der Waals surface area (Å²) in [7, 11) is 0. The average Bonchev–Trinajstić information content (AvgIpc) is 2.40. The third kappa shape index (κ3) is 4.80. The Balaban J connectivity index is 2.02. The van der Waals surface area contributed by atoms with E-state index in [1.165, 1.54) is 14.7 Å². The first-order valence-electron chi connectivity index (χ1n) is 6.57. The Morgan fingerprint density at radius 2 is 1.20 bits per heavy atom. The van der Waals surface area contributed by atoms with Crippen LogP contribution in [0.15, 0.2) is 63.2 Å². The maximum Gasteiger partial charge on any atom is 0.120 e. The minimum Gasteiger partial charge on any atom is -0.488 e. The van der Waals surface area contributed by atoms with E-state index in [1.54, 1.807) is 23.5 Å².